The second kappa shape index (κ2) is 15.2. The SMILES string of the molecule is O=C(COc1ccccc1)NC1C(=O)N(/C(C(=O)OCC(Cl)(Cl)Cl)=C(/CBr)N2CCCCC2)C1SC(=O)OCC1CC1. The van der Waals surface area contributed by atoms with Crippen LogP contribution in [0.5, 0.6) is 5.75 Å². The summed E-state index contributed by atoms with van der Waals surface area (Å²) in [6, 6.07) is 7.60. The van der Waals surface area contributed by atoms with Crippen LogP contribution in [-0.2, 0) is 23.9 Å². The number of para-hydroxylation sites is 1. The first-order valence-corrected chi connectivity index (χ1v) is 16.6. The van der Waals surface area contributed by atoms with Gasteiger partial charge in [-0.25, -0.2) is 9.59 Å². The van der Waals surface area contributed by atoms with Crippen LogP contribution in [0.25, 0.3) is 0 Å². The summed E-state index contributed by atoms with van der Waals surface area (Å²) in [4.78, 5) is 55.9. The summed E-state index contributed by atoms with van der Waals surface area (Å²) >= 11 is 21.7. The van der Waals surface area contributed by atoms with Gasteiger partial charge in [0.1, 0.15) is 23.8 Å². The van der Waals surface area contributed by atoms with E-state index in [1.54, 1.807) is 24.3 Å². The fourth-order valence-electron chi connectivity index (χ4n) is 4.47. The Hall–Kier alpha value is -1.86. The molecular formula is C27H31BrCl3N3O7S. The molecule has 3 aliphatic rings. The molecule has 0 radical (unpaired) electrons. The van der Waals surface area contributed by atoms with Gasteiger partial charge in [-0.15, -0.1) is 0 Å². The quantitative estimate of drug-likeness (QED) is 0.138. The highest BCUT2D eigenvalue weighted by Gasteiger charge is 2.54. The predicted molar refractivity (Wildman–Crippen MR) is 164 cm³/mol. The highest BCUT2D eigenvalue weighted by atomic mass is 79.9. The van der Waals surface area contributed by atoms with Crippen LogP contribution >= 0.6 is 62.5 Å². The minimum absolute atomic E-state index is 0.0912. The van der Waals surface area contributed by atoms with Gasteiger partial charge in [-0.1, -0.05) is 68.9 Å². The van der Waals surface area contributed by atoms with Gasteiger partial charge in [0.25, 0.3) is 11.8 Å². The number of β-lactam (4-membered cyclic amide) rings is 1. The number of nitrogens with one attached hydrogen (secondary N) is 1. The van der Waals surface area contributed by atoms with Gasteiger partial charge in [-0.3, -0.25) is 14.5 Å². The normalized spacial score (nSPS) is 21.2. The lowest BCUT2D eigenvalue weighted by atomic mass is 10.0. The molecule has 1 aliphatic carbocycles. The Morgan fingerprint density at radius 2 is 1.74 bits per heavy atom. The molecule has 42 heavy (non-hydrogen) atoms. The van der Waals surface area contributed by atoms with Crippen molar-refractivity contribution < 1.29 is 33.4 Å². The van der Waals surface area contributed by atoms with Crippen LogP contribution in [-0.4, -0.2) is 86.3 Å². The molecule has 2 saturated heterocycles. The minimum Gasteiger partial charge on any atom is -0.484 e. The topological polar surface area (TPSA) is 114 Å². The molecule has 10 nitrogen and oxygen atoms in total. The molecule has 0 bridgehead atoms. The lowest BCUT2D eigenvalue weighted by Gasteiger charge is -2.47. The number of benzene rings is 1. The van der Waals surface area contributed by atoms with Gasteiger partial charge in [-0.05, 0) is 61.9 Å². The molecule has 2 amide bonds. The van der Waals surface area contributed by atoms with E-state index in [0.717, 1.165) is 37.0 Å². The molecule has 15 heteroatoms. The Morgan fingerprint density at radius 3 is 2.36 bits per heavy atom. The number of piperidine rings is 1. The number of rotatable bonds is 12. The van der Waals surface area contributed by atoms with Gasteiger partial charge in [0.15, 0.2) is 12.3 Å². The van der Waals surface area contributed by atoms with Crippen molar-refractivity contribution in [2.75, 3.05) is 38.2 Å². The Kier molecular flexibility index (Phi) is 12.0. The maximum atomic E-state index is 13.6. The number of halogens is 4. The van der Waals surface area contributed by atoms with E-state index in [0.29, 0.717) is 42.2 Å². The van der Waals surface area contributed by atoms with E-state index in [4.69, 9.17) is 49.0 Å². The first-order valence-electron chi connectivity index (χ1n) is 13.5. The van der Waals surface area contributed by atoms with E-state index in [1.807, 2.05) is 11.0 Å². The number of allylic oxidation sites excluding steroid dienone is 1. The van der Waals surface area contributed by atoms with Crippen molar-refractivity contribution in [3.8, 4) is 5.75 Å². The number of alkyl halides is 4. The molecule has 0 spiro atoms. The van der Waals surface area contributed by atoms with Crippen molar-refractivity contribution in [3.05, 3.63) is 41.7 Å². The summed E-state index contributed by atoms with van der Waals surface area (Å²) < 4.78 is 14.3. The molecule has 2 atom stereocenters. The van der Waals surface area contributed by atoms with Gasteiger partial charge in [-0.2, -0.15) is 0 Å². The standard InChI is InChI=1S/C27H31BrCl3N3O7S/c28-13-19(33-11-5-2-6-12-33)22(25(37)41-16-27(29,30)31)34-23(36)21(24(34)42-26(38)40-14-17-9-10-17)32-20(35)15-39-18-7-3-1-4-8-18/h1,3-4,7-8,17,21,24H,2,5-6,9-16H2,(H,32,35)/b22-19-. The fraction of sp³-hybridized carbons (Fsp3) is 0.556. The lowest BCUT2D eigenvalue weighted by Crippen LogP contribution is -2.70. The van der Waals surface area contributed by atoms with Gasteiger partial charge >= 0.3 is 11.3 Å². The van der Waals surface area contributed by atoms with E-state index < -0.39 is 44.9 Å². The van der Waals surface area contributed by atoms with Gasteiger partial charge in [0, 0.05) is 18.4 Å². The number of hydrogen-bond donors (Lipinski definition) is 1. The number of thioether (sulfide) groups is 1. The molecule has 2 aliphatic heterocycles. The molecule has 1 aromatic carbocycles. The van der Waals surface area contributed by atoms with Crippen molar-refractivity contribution in [1.29, 1.82) is 0 Å². The highest BCUT2D eigenvalue weighted by molar-refractivity contribution is 9.09. The number of carbonyl (C=O) groups is 4. The second-order valence-corrected chi connectivity index (χ2v) is 14.2. The third kappa shape index (κ3) is 9.32. The van der Waals surface area contributed by atoms with Crippen molar-refractivity contribution in [2.24, 2.45) is 5.92 Å². The fourth-order valence-corrected chi connectivity index (χ4v) is 6.22. The summed E-state index contributed by atoms with van der Waals surface area (Å²) in [5.74, 6) is -1.27. The zero-order valence-electron chi connectivity index (χ0n) is 22.6. The summed E-state index contributed by atoms with van der Waals surface area (Å²) in [6.07, 6.45) is 4.79. The summed E-state index contributed by atoms with van der Waals surface area (Å²) in [5, 5.41) is 1.22. The van der Waals surface area contributed by atoms with Crippen LogP contribution in [0.15, 0.2) is 41.7 Å². The molecule has 2 unspecified atom stereocenters. The molecule has 3 fully saturated rings. The van der Waals surface area contributed by atoms with E-state index in [-0.39, 0.29) is 24.2 Å². The van der Waals surface area contributed by atoms with Crippen molar-refractivity contribution in [1.82, 2.24) is 15.1 Å². The van der Waals surface area contributed by atoms with Crippen LogP contribution in [0, 0.1) is 5.92 Å². The maximum absolute atomic E-state index is 13.6. The number of carbonyl (C=O) groups excluding carboxylic acids is 4. The minimum atomic E-state index is -1.88. The molecule has 1 N–H and O–H groups in total. The summed E-state index contributed by atoms with van der Waals surface area (Å²) in [5.41, 5.74) is 0.401. The van der Waals surface area contributed by atoms with Gasteiger partial charge in [0.2, 0.25) is 3.79 Å². The maximum Gasteiger partial charge on any atom is 0.369 e. The smallest absolute Gasteiger partial charge is 0.369 e. The monoisotopic (exact) mass is 725 g/mol. The van der Waals surface area contributed by atoms with Crippen LogP contribution < -0.4 is 10.1 Å². The first kappa shape index (κ1) is 33.0. The Labute approximate surface area is 271 Å². The van der Waals surface area contributed by atoms with E-state index in [2.05, 4.69) is 21.2 Å². The van der Waals surface area contributed by atoms with E-state index >= 15 is 0 Å². The zero-order valence-corrected chi connectivity index (χ0v) is 27.2. The average molecular weight is 728 g/mol. The zero-order chi connectivity index (χ0) is 30.3. The predicted octanol–water partition coefficient (Wildman–Crippen LogP) is 5.00. The van der Waals surface area contributed by atoms with Gasteiger partial charge < -0.3 is 24.4 Å². The summed E-state index contributed by atoms with van der Waals surface area (Å²) in [7, 11) is 0. The molecule has 0 aromatic heterocycles. The molecular weight excluding hydrogens is 697 g/mol. The number of hydrogen-bond acceptors (Lipinski definition) is 9. The van der Waals surface area contributed by atoms with Gasteiger partial charge in [0.05, 0.1) is 12.3 Å². The molecule has 1 aromatic rings. The molecule has 2 heterocycles. The third-order valence-electron chi connectivity index (χ3n) is 6.76. The van der Waals surface area contributed by atoms with Crippen LogP contribution in [0.4, 0.5) is 4.79 Å². The van der Waals surface area contributed by atoms with Crippen LogP contribution in [0.2, 0.25) is 0 Å². The number of nitrogens with zero attached hydrogens (tertiary/aromatic N) is 2. The number of ether oxygens (including phenoxy) is 3. The molecule has 4 rings (SSSR count). The lowest BCUT2D eigenvalue weighted by molar-refractivity contribution is -0.153. The first-order chi connectivity index (χ1) is 20.1. The number of likely N-dealkylation sites (tertiary alicyclic amines) is 2. The van der Waals surface area contributed by atoms with Crippen molar-refractivity contribution in [2.45, 2.75) is 47.3 Å². The Balaban J connectivity index is 1.58. The highest BCUT2D eigenvalue weighted by Crippen LogP contribution is 2.39. The van der Waals surface area contributed by atoms with E-state index in [1.165, 1.54) is 0 Å². The molecule has 1 saturated carbocycles. The second-order valence-electron chi connectivity index (χ2n) is 10.0. The largest absolute Gasteiger partial charge is 0.484 e. The average Bonchev–Trinajstić information content (AvgIpc) is 3.81. The van der Waals surface area contributed by atoms with Crippen LogP contribution in [0.1, 0.15) is 32.1 Å². The van der Waals surface area contributed by atoms with Crippen LogP contribution in [0.3, 0.4) is 0 Å². The number of amides is 2. The molecule has 230 valence electrons. The third-order valence-corrected chi connectivity index (χ3v) is 8.66. The van der Waals surface area contributed by atoms with Crippen molar-refractivity contribution >= 4 is 85.6 Å². The number of esters is 1. The summed E-state index contributed by atoms with van der Waals surface area (Å²) in [6.45, 7) is 0.662. The van der Waals surface area contributed by atoms with E-state index in [9.17, 15) is 19.2 Å². The van der Waals surface area contributed by atoms with Crippen molar-refractivity contribution in [3.63, 3.8) is 0 Å². The Morgan fingerprint density at radius 1 is 1.05 bits per heavy atom. The Bertz CT molecular complexity index is 1180.